The number of benzene rings is 1. The van der Waals surface area contributed by atoms with Crippen molar-refractivity contribution in [1.82, 2.24) is 14.8 Å². The minimum Gasteiger partial charge on any atom is -0.383 e. The molecule has 2 saturated heterocycles. The van der Waals surface area contributed by atoms with Crippen LogP contribution in [-0.4, -0.2) is 54.8 Å². The van der Waals surface area contributed by atoms with Crippen LogP contribution in [0, 0.1) is 5.92 Å². The number of para-hydroxylation sites is 1. The number of carbonyl (C=O) groups excluding carboxylic acids is 1. The van der Waals surface area contributed by atoms with Crippen molar-refractivity contribution in [3.05, 3.63) is 36.0 Å². The molecule has 0 bridgehead atoms. The molecule has 0 radical (unpaired) electrons. The van der Waals surface area contributed by atoms with Crippen molar-refractivity contribution in [1.29, 1.82) is 0 Å². The Kier molecular flexibility index (Phi) is 7.45. The van der Waals surface area contributed by atoms with E-state index in [0.717, 1.165) is 25.9 Å². The summed E-state index contributed by atoms with van der Waals surface area (Å²) in [5.74, 6) is 0.854. The van der Waals surface area contributed by atoms with Gasteiger partial charge in [-0.2, -0.15) is 0 Å². The molecule has 5 heteroatoms. The van der Waals surface area contributed by atoms with E-state index in [4.69, 9.17) is 4.74 Å². The number of methoxy groups -OCH3 is 1. The van der Waals surface area contributed by atoms with Crippen LogP contribution in [0.4, 0.5) is 0 Å². The molecule has 0 saturated carbocycles. The van der Waals surface area contributed by atoms with E-state index in [9.17, 15) is 4.79 Å². The second-order valence-electron chi connectivity index (χ2n) is 9.02. The average molecular weight is 412 g/mol. The van der Waals surface area contributed by atoms with Crippen LogP contribution in [0.15, 0.2) is 30.5 Å². The maximum atomic E-state index is 12.5. The number of nitrogens with zero attached hydrogens (tertiary/aromatic N) is 2. The highest BCUT2D eigenvalue weighted by Crippen LogP contribution is 2.30. The minimum absolute atomic E-state index is 0.214. The molecule has 0 spiro atoms. The van der Waals surface area contributed by atoms with Gasteiger partial charge in [-0.1, -0.05) is 24.6 Å². The van der Waals surface area contributed by atoms with Gasteiger partial charge in [0.05, 0.1) is 6.61 Å². The van der Waals surface area contributed by atoms with E-state index in [-0.39, 0.29) is 5.91 Å². The quantitative estimate of drug-likeness (QED) is 0.679. The van der Waals surface area contributed by atoms with Crippen molar-refractivity contribution >= 4 is 16.8 Å². The fraction of sp³-hybridized carbons (Fsp3) is 0.640. The van der Waals surface area contributed by atoms with Crippen LogP contribution >= 0.6 is 0 Å². The topological polar surface area (TPSA) is 46.5 Å². The molecule has 4 rings (SSSR count). The molecule has 1 amide bonds. The summed E-state index contributed by atoms with van der Waals surface area (Å²) in [6.07, 6.45) is 11.2. The molecule has 3 heterocycles. The molecule has 1 aromatic heterocycles. The van der Waals surface area contributed by atoms with Crippen LogP contribution in [0.5, 0.6) is 0 Å². The zero-order valence-electron chi connectivity index (χ0n) is 18.4. The first-order valence-corrected chi connectivity index (χ1v) is 11.8. The summed E-state index contributed by atoms with van der Waals surface area (Å²) < 4.78 is 7.52. The predicted octanol–water partition coefficient (Wildman–Crippen LogP) is 3.99. The first kappa shape index (κ1) is 21.4. The SMILES string of the molecule is COCCn1cc(CCCC(=O)NC[C@H]2CCCN3CCCC[C@H]23)c2ccccc21. The van der Waals surface area contributed by atoms with Crippen LogP contribution in [0.3, 0.4) is 0 Å². The minimum atomic E-state index is 0.214. The molecule has 5 nitrogen and oxygen atoms in total. The lowest BCUT2D eigenvalue weighted by molar-refractivity contribution is -0.121. The van der Waals surface area contributed by atoms with E-state index >= 15 is 0 Å². The smallest absolute Gasteiger partial charge is 0.220 e. The molecule has 0 unspecified atom stereocenters. The van der Waals surface area contributed by atoms with Crippen molar-refractivity contribution < 1.29 is 9.53 Å². The lowest BCUT2D eigenvalue weighted by atomic mass is 9.83. The third-order valence-electron chi connectivity index (χ3n) is 7.05. The van der Waals surface area contributed by atoms with Gasteiger partial charge in [0.1, 0.15) is 0 Å². The average Bonchev–Trinajstić information content (AvgIpc) is 3.14. The number of carbonyl (C=O) groups is 1. The Balaban J connectivity index is 1.26. The summed E-state index contributed by atoms with van der Waals surface area (Å²) in [6, 6.07) is 9.23. The van der Waals surface area contributed by atoms with Crippen LogP contribution < -0.4 is 5.32 Å². The zero-order valence-corrected chi connectivity index (χ0v) is 18.4. The molecule has 2 aromatic rings. The fourth-order valence-corrected chi connectivity index (χ4v) is 5.48. The van der Waals surface area contributed by atoms with E-state index in [1.807, 2.05) is 0 Å². The van der Waals surface area contributed by atoms with Crippen molar-refractivity contribution in [2.45, 2.75) is 64.0 Å². The van der Waals surface area contributed by atoms with E-state index < -0.39 is 0 Å². The van der Waals surface area contributed by atoms with Gasteiger partial charge in [0.2, 0.25) is 5.91 Å². The summed E-state index contributed by atoms with van der Waals surface area (Å²) in [5, 5.41) is 4.55. The highest BCUT2D eigenvalue weighted by Gasteiger charge is 2.32. The summed E-state index contributed by atoms with van der Waals surface area (Å²) in [7, 11) is 1.74. The first-order chi connectivity index (χ1) is 14.8. The van der Waals surface area contributed by atoms with Crippen molar-refractivity contribution in [2.24, 2.45) is 5.92 Å². The van der Waals surface area contributed by atoms with Gasteiger partial charge in [-0.05, 0) is 69.2 Å². The van der Waals surface area contributed by atoms with Gasteiger partial charge >= 0.3 is 0 Å². The number of amides is 1. The normalized spacial score (nSPS) is 22.2. The number of aryl methyl sites for hydroxylation is 1. The van der Waals surface area contributed by atoms with Gasteiger partial charge in [0.25, 0.3) is 0 Å². The van der Waals surface area contributed by atoms with Gasteiger partial charge in [-0.25, -0.2) is 0 Å². The third-order valence-corrected chi connectivity index (χ3v) is 7.05. The number of aromatic nitrogens is 1. The Labute approximate surface area is 180 Å². The van der Waals surface area contributed by atoms with E-state index in [2.05, 4.69) is 45.2 Å². The first-order valence-electron chi connectivity index (χ1n) is 11.8. The number of hydrogen-bond acceptors (Lipinski definition) is 3. The van der Waals surface area contributed by atoms with E-state index in [1.165, 1.54) is 61.7 Å². The summed E-state index contributed by atoms with van der Waals surface area (Å²) in [6.45, 7) is 4.94. The standard InChI is InChI=1S/C25H37N3O2/c1-30-17-16-28-19-21(22-10-2-3-12-24(22)28)8-6-13-25(29)26-18-20-9-7-15-27-14-5-4-11-23(20)27/h2-3,10,12,19-20,23H,4-9,11,13-18H2,1H3,(H,26,29)/t20-,23-/m1/s1. The number of hydrogen-bond donors (Lipinski definition) is 1. The summed E-state index contributed by atoms with van der Waals surface area (Å²) >= 11 is 0. The Bertz CT molecular complexity index is 829. The van der Waals surface area contributed by atoms with Gasteiger partial charge in [0, 0.05) is 49.8 Å². The second kappa shape index (κ2) is 10.5. The Morgan fingerprint density at radius 1 is 1.17 bits per heavy atom. The molecule has 1 N–H and O–H groups in total. The molecule has 0 aliphatic carbocycles. The third kappa shape index (κ3) is 5.06. The highest BCUT2D eigenvalue weighted by molar-refractivity contribution is 5.84. The van der Waals surface area contributed by atoms with Crippen LogP contribution in [0.25, 0.3) is 10.9 Å². The van der Waals surface area contributed by atoms with E-state index in [1.54, 1.807) is 7.11 Å². The Morgan fingerprint density at radius 2 is 2.03 bits per heavy atom. The number of nitrogens with one attached hydrogen (secondary N) is 1. The van der Waals surface area contributed by atoms with Gasteiger partial charge in [-0.3, -0.25) is 4.79 Å². The zero-order chi connectivity index (χ0) is 20.8. The summed E-state index contributed by atoms with van der Waals surface area (Å²) in [4.78, 5) is 15.2. The number of rotatable bonds is 9. The predicted molar refractivity (Wildman–Crippen MR) is 122 cm³/mol. The van der Waals surface area contributed by atoms with E-state index in [0.29, 0.717) is 25.0 Å². The number of piperidine rings is 2. The molecule has 2 atom stereocenters. The van der Waals surface area contributed by atoms with Crippen LogP contribution in [0.2, 0.25) is 0 Å². The molecular formula is C25H37N3O2. The lowest BCUT2D eigenvalue weighted by Gasteiger charge is -2.44. The fourth-order valence-electron chi connectivity index (χ4n) is 5.48. The Morgan fingerprint density at radius 3 is 2.93 bits per heavy atom. The molecule has 30 heavy (non-hydrogen) atoms. The molecule has 164 valence electrons. The second-order valence-corrected chi connectivity index (χ2v) is 9.02. The van der Waals surface area contributed by atoms with Crippen molar-refractivity contribution in [3.8, 4) is 0 Å². The monoisotopic (exact) mass is 411 g/mol. The molecule has 2 fully saturated rings. The number of ether oxygens (including phenoxy) is 1. The highest BCUT2D eigenvalue weighted by atomic mass is 16.5. The Hall–Kier alpha value is -1.85. The van der Waals surface area contributed by atoms with Gasteiger partial charge in [0.15, 0.2) is 0 Å². The lowest BCUT2D eigenvalue weighted by Crippen LogP contribution is -2.50. The van der Waals surface area contributed by atoms with Gasteiger partial charge in [-0.15, -0.1) is 0 Å². The maximum absolute atomic E-state index is 12.5. The van der Waals surface area contributed by atoms with Crippen molar-refractivity contribution in [2.75, 3.05) is 33.4 Å². The maximum Gasteiger partial charge on any atom is 0.220 e. The molecule has 2 aliphatic rings. The molecule has 1 aromatic carbocycles. The summed E-state index contributed by atoms with van der Waals surface area (Å²) in [5.41, 5.74) is 2.59. The van der Waals surface area contributed by atoms with Gasteiger partial charge < -0.3 is 19.5 Å². The van der Waals surface area contributed by atoms with Crippen molar-refractivity contribution in [3.63, 3.8) is 0 Å². The largest absolute Gasteiger partial charge is 0.383 e. The molecule has 2 aliphatic heterocycles. The molecular weight excluding hydrogens is 374 g/mol. The number of fused-ring (bicyclic) bond motifs is 2. The van der Waals surface area contributed by atoms with Crippen LogP contribution in [-0.2, 0) is 22.5 Å². The van der Waals surface area contributed by atoms with Crippen LogP contribution in [0.1, 0.15) is 50.5 Å².